The number of hydrogen-bond donors (Lipinski definition) is 1. The molecule has 5 nitrogen and oxygen atoms in total. The van der Waals surface area contributed by atoms with Gasteiger partial charge in [0.2, 0.25) is 11.8 Å². The Morgan fingerprint density at radius 2 is 1.90 bits per heavy atom. The number of anilines is 1. The van der Waals surface area contributed by atoms with Gasteiger partial charge in [0, 0.05) is 24.1 Å². The van der Waals surface area contributed by atoms with E-state index in [2.05, 4.69) is 41.5 Å². The predicted octanol–water partition coefficient (Wildman–Crippen LogP) is 5.28. The zero-order chi connectivity index (χ0) is 21.1. The highest BCUT2D eigenvalue weighted by molar-refractivity contribution is 7.14. The number of thiazole rings is 1. The summed E-state index contributed by atoms with van der Waals surface area (Å²) in [5.41, 5.74) is 5.15. The van der Waals surface area contributed by atoms with Crippen molar-refractivity contribution >= 4 is 34.4 Å². The predicted molar refractivity (Wildman–Crippen MR) is 121 cm³/mol. The molecule has 0 saturated heterocycles. The van der Waals surface area contributed by atoms with E-state index >= 15 is 0 Å². The molecule has 1 atom stereocenters. The van der Waals surface area contributed by atoms with E-state index in [-0.39, 0.29) is 24.3 Å². The average Bonchev–Trinajstić information content (AvgIpc) is 3.22. The number of amides is 2. The van der Waals surface area contributed by atoms with Gasteiger partial charge in [-0.2, -0.15) is 0 Å². The minimum absolute atomic E-state index is 0.0920. The van der Waals surface area contributed by atoms with Crippen LogP contribution in [0.5, 0.6) is 0 Å². The molecular weight excluding hydrogens is 394 g/mol. The van der Waals surface area contributed by atoms with Gasteiger partial charge in [0.15, 0.2) is 5.13 Å². The minimum Gasteiger partial charge on any atom is -0.311 e. The van der Waals surface area contributed by atoms with Gasteiger partial charge >= 0.3 is 0 Å². The van der Waals surface area contributed by atoms with Crippen molar-refractivity contribution in [2.24, 2.45) is 0 Å². The van der Waals surface area contributed by atoms with Crippen LogP contribution < -0.4 is 5.32 Å². The van der Waals surface area contributed by atoms with Crippen LogP contribution in [0.3, 0.4) is 0 Å². The van der Waals surface area contributed by atoms with E-state index in [0.29, 0.717) is 5.13 Å². The molecular formula is C24H23N3O2S. The van der Waals surface area contributed by atoms with Gasteiger partial charge in [0.25, 0.3) is 0 Å². The van der Waals surface area contributed by atoms with E-state index in [1.807, 2.05) is 35.7 Å². The molecule has 1 unspecified atom stereocenters. The van der Waals surface area contributed by atoms with E-state index < -0.39 is 0 Å². The van der Waals surface area contributed by atoms with Gasteiger partial charge in [-0.1, -0.05) is 55.5 Å². The second kappa shape index (κ2) is 8.63. The second-order valence-electron chi connectivity index (χ2n) is 7.23. The normalized spacial score (nSPS) is 15.0. The number of carbonyl (C=O) groups is 2. The Kier molecular flexibility index (Phi) is 5.77. The fourth-order valence-corrected chi connectivity index (χ4v) is 4.37. The monoisotopic (exact) mass is 417 g/mol. The van der Waals surface area contributed by atoms with Crippen molar-refractivity contribution in [2.75, 3.05) is 5.32 Å². The highest BCUT2D eigenvalue weighted by Crippen LogP contribution is 2.33. The Morgan fingerprint density at radius 1 is 1.13 bits per heavy atom. The lowest BCUT2D eigenvalue weighted by Gasteiger charge is -2.32. The van der Waals surface area contributed by atoms with Crippen molar-refractivity contribution in [1.29, 1.82) is 0 Å². The maximum Gasteiger partial charge on any atom is 0.228 e. The van der Waals surface area contributed by atoms with Gasteiger partial charge in [0.1, 0.15) is 0 Å². The summed E-state index contributed by atoms with van der Waals surface area (Å²) < 4.78 is 0. The molecule has 2 amide bonds. The van der Waals surface area contributed by atoms with Gasteiger partial charge in [0.05, 0.1) is 18.2 Å². The highest BCUT2D eigenvalue weighted by atomic mass is 32.1. The van der Waals surface area contributed by atoms with Crippen molar-refractivity contribution in [3.8, 4) is 11.3 Å². The first-order chi connectivity index (χ1) is 14.5. The quantitative estimate of drug-likeness (QED) is 0.615. The number of benzene rings is 2. The lowest BCUT2D eigenvalue weighted by Crippen LogP contribution is -2.33. The van der Waals surface area contributed by atoms with Crippen LogP contribution in [0.1, 0.15) is 43.0 Å². The fourth-order valence-electron chi connectivity index (χ4n) is 3.63. The van der Waals surface area contributed by atoms with Crippen LogP contribution in [0, 0.1) is 0 Å². The lowest BCUT2D eigenvalue weighted by atomic mass is 9.93. The Morgan fingerprint density at radius 3 is 2.63 bits per heavy atom. The van der Waals surface area contributed by atoms with Crippen LogP contribution in [0.25, 0.3) is 17.3 Å². The molecule has 0 radical (unpaired) electrons. The van der Waals surface area contributed by atoms with Crippen molar-refractivity contribution in [3.63, 3.8) is 0 Å². The Bertz CT molecular complexity index is 1100. The van der Waals surface area contributed by atoms with Crippen molar-refractivity contribution in [2.45, 2.75) is 32.7 Å². The van der Waals surface area contributed by atoms with Gasteiger partial charge in [-0.15, -0.1) is 11.3 Å². The average molecular weight is 418 g/mol. The summed E-state index contributed by atoms with van der Waals surface area (Å²) in [4.78, 5) is 31.1. The second-order valence-corrected chi connectivity index (χ2v) is 8.09. The maximum atomic E-state index is 12.8. The van der Waals surface area contributed by atoms with Crippen molar-refractivity contribution < 1.29 is 9.59 Å². The summed E-state index contributed by atoms with van der Waals surface area (Å²) in [5, 5.41) is 5.40. The molecule has 1 N–H and O–H groups in total. The lowest BCUT2D eigenvalue weighted by molar-refractivity contribution is -0.129. The molecule has 30 heavy (non-hydrogen) atoms. The van der Waals surface area contributed by atoms with Crippen LogP contribution in [0.4, 0.5) is 5.13 Å². The van der Waals surface area contributed by atoms with E-state index in [1.54, 1.807) is 11.1 Å². The molecule has 2 heterocycles. The summed E-state index contributed by atoms with van der Waals surface area (Å²) in [6, 6.07) is 15.8. The van der Waals surface area contributed by atoms with Crippen LogP contribution in [0.15, 0.2) is 60.1 Å². The van der Waals surface area contributed by atoms with Crippen LogP contribution in [-0.4, -0.2) is 21.7 Å². The summed E-state index contributed by atoms with van der Waals surface area (Å²) in [6.07, 6.45) is 4.82. The SMILES string of the molecule is CCc1ccc(-c2csc(NC(=O)CC3c4ccccc4C=CN3C(C)=O)n2)cc1. The maximum absolute atomic E-state index is 12.8. The molecule has 1 aromatic heterocycles. The summed E-state index contributed by atoms with van der Waals surface area (Å²) in [6.45, 7) is 3.64. The zero-order valence-electron chi connectivity index (χ0n) is 17.0. The zero-order valence-corrected chi connectivity index (χ0v) is 17.8. The number of hydrogen-bond acceptors (Lipinski definition) is 4. The van der Waals surface area contributed by atoms with Crippen LogP contribution in [-0.2, 0) is 16.0 Å². The molecule has 0 bridgehead atoms. The summed E-state index contributed by atoms with van der Waals surface area (Å²) >= 11 is 1.40. The van der Waals surface area contributed by atoms with Gasteiger partial charge in [-0.05, 0) is 29.2 Å². The molecule has 0 saturated carbocycles. The molecule has 1 aliphatic rings. The Hall–Kier alpha value is -3.25. The Labute approximate surface area is 180 Å². The number of aryl methyl sites for hydroxylation is 1. The van der Waals surface area contributed by atoms with Gasteiger partial charge < -0.3 is 10.2 Å². The van der Waals surface area contributed by atoms with E-state index in [1.165, 1.54) is 23.8 Å². The third-order valence-electron chi connectivity index (χ3n) is 5.26. The number of fused-ring (bicyclic) bond motifs is 1. The molecule has 6 heteroatoms. The van der Waals surface area contributed by atoms with Gasteiger partial charge in [-0.25, -0.2) is 4.98 Å². The number of rotatable bonds is 5. The fraction of sp³-hybridized carbons (Fsp3) is 0.208. The first-order valence-electron chi connectivity index (χ1n) is 9.96. The molecule has 3 aromatic rings. The van der Waals surface area contributed by atoms with Crippen LogP contribution in [0.2, 0.25) is 0 Å². The number of carbonyl (C=O) groups excluding carboxylic acids is 2. The number of nitrogens with zero attached hydrogens (tertiary/aromatic N) is 2. The third-order valence-corrected chi connectivity index (χ3v) is 6.01. The molecule has 4 rings (SSSR count). The first kappa shape index (κ1) is 20.0. The number of aromatic nitrogens is 1. The van der Waals surface area contributed by atoms with E-state index in [9.17, 15) is 9.59 Å². The van der Waals surface area contributed by atoms with Gasteiger partial charge in [-0.3, -0.25) is 9.59 Å². The van der Waals surface area contributed by atoms with Crippen molar-refractivity contribution in [1.82, 2.24) is 9.88 Å². The number of nitrogens with one attached hydrogen (secondary N) is 1. The summed E-state index contributed by atoms with van der Waals surface area (Å²) in [5.74, 6) is -0.260. The molecule has 0 spiro atoms. The molecule has 2 aromatic carbocycles. The molecule has 152 valence electrons. The van der Waals surface area contributed by atoms with Crippen LogP contribution >= 0.6 is 11.3 Å². The van der Waals surface area contributed by atoms with Crippen molar-refractivity contribution in [3.05, 3.63) is 76.8 Å². The molecule has 0 fully saturated rings. The minimum atomic E-state index is -0.329. The highest BCUT2D eigenvalue weighted by Gasteiger charge is 2.28. The smallest absolute Gasteiger partial charge is 0.228 e. The third kappa shape index (κ3) is 4.19. The van der Waals surface area contributed by atoms with E-state index in [4.69, 9.17) is 0 Å². The first-order valence-corrected chi connectivity index (χ1v) is 10.8. The standard InChI is InChI=1S/C24H23N3O2S/c1-3-17-8-10-19(11-9-17)21-15-30-24(25-21)26-23(29)14-22-20-7-5-4-6-18(20)12-13-27(22)16(2)28/h4-13,15,22H,3,14H2,1-2H3,(H,25,26,29). The largest absolute Gasteiger partial charge is 0.311 e. The topological polar surface area (TPSA) is 62.3 Å². The molecule has 1 aliphatic heterocycles. The van der Waals surface area contributed by atoms with E-state index in [0.717, 1.165) is 28.8 Å². The molecule has 0 aliphatic carbocycles. The summed E-state index contributed by atoms with van der Waals surface area (Å²) in [7, 11) is 0. The Balaban J connectivity index is 1.48.